The minimum Gasteiger partial charge on any atom is -0.384 e. The molecule has 4 heteroatoms. The van der Waals surface area contributed by atoms with Gasteiger partial charge in [0, 0.05) is 6.07 Å². The number of hydrogen-bond donors (Lipinski definition) is 1. The summed E-state index contributed by atoms with van der Waals surface area (Å²) in [6, 6.07) is 1.62. The first kappa shape index (κ1) is 8.39. The first-order valence-corrected chi connectivity index (χ1v) is 3.39. The molecule has 12 heavy (non-hydrogen) atoms. The molecule has 1 aromatic rings. The van der Waals surface area contributed by atoms with E-state index in [0.29, 0.717) is 22.9 Å². The average Bonchev–Trinajstić information content (AvgIpc) is 2.03. The molecule has 0 aliphatic carbocycles. The Balaban J connectivity index is 3.43. The Morgan fingerprint density at radius 1 is 1.42 bits per heavy atom. The van der Waals surface area contributed by atoms with Gasteiger partial charge in [-0.15, -0.1) is 0 Å². The first-order valence-electron chi connectivity index (χ1n) is 3.39. The molecule has 1 heterocycles. The van der Waals surface area contributed by atoms with Gasteiger partial charge in [-0.05, 0) is 20.4 Å². The summed E-state index contributed by atoms with van der Waals surface area (Å²) in [4.78, 5) is 11.5. The van der Waals surface area contributed by atoms with Gasteiger partial charge in [-0.3, -0.25) is 9.98 Å². The lowest BCUT2D eigenvalue weighted by Gasteiger charge is -2.03. The zero-order valence-electron chi connectivity index (χ0n) is 6.91. The van der Waals surface area contributed by atoms with Crippen molar-refractivity contribution in [1.29, 1.82) is 0 Å². The van der Waals surface area contributed by atoms with Gasteiger partial charge in [-0.25, -0.2) is 4.98 Å². The van der Waals surface area contributed by atoms with E-state index in [4.69, 9.17) is 5.73 Å². The van der Waals surface area contributed by atoms with Crippen LogP contribution in [0.2, 0.25) is 0 Å². The van der Waals surface area contributed by atoms with Crippen molar-refractivity contribution in [3.8, 4) is 0 Å². The van der Waals surface area contributed by atoms with Crippen LogP contribution < -0.4 is 5.73 Å². The Hall–Kier alpha value is -1.71. The minimum atomic E-state index is 0.419. The molecule has 62 valence electrons. The van der Waals surface area contributed by atoms with Crippen molar-refractivity contribution in [2.24, 2.45) is 9.98 Å². The number of aliphatic imine (C=N–C) groups is 2. The number of aromatic nitrogens is 1. The van der Waals surface area contributed by atoms with E-state index >= 15 is 0 Å². The number of nitrogen functional groups attached to an aromatic ring is 1. The molecule has 1 aromatic heterocycles. The van der Waals surface area contributed by atoms with Crippen molar-refractivity contribution < 1.29 is 0 Å². The normalized spacial score (nSPS) is 9.42. The highest BCUT2D eigenvalue weighted by molar-refractivity contribution is 5.71. The monoisotopic (exact) mass is 162 g/mol. The third kappa shape index (κ3) is 1.32. The summed E-state index contributed by atoms with van der Waals surface area (Å²) in [5.41, 5.74) is 7.47. The van der Waals surface area contributed by atoms with E-state index in [-0.39, 0.29) is 0 Å². The van der Waals surface area contributed by atoms with E-state index < -0.39 is 0 Å². The van der Waals surface area contributed by atoms with Gasteiger partial charge in [0.05, 0.1) is 11.4 Å². The van der Waals surface area contributed by atoms with Crippen LogP contribution in [0.3, 0.4) is 0 Å². The highest BCUT2D eigenvalue weighted by atomic mass is 14.9. The van der Waals surface area contributed by atoms with Crippen molar-refractivity contribution in [1.82, 2.24) is 4.98 Å². The average molecular weight is 162 g/mol. The first-order chi connectivity index (χ1) is 5.69. The topological polar surface area (TPSA) is 63.6 Å². The number of anilines is 1. The number of nitrogens with zero attached hydrogens (tertiary/aromatic N) is 3. The number of pyridine rings is 1. The summed E-state index contributed by atoms with van der Waals surface area (Å²) >= 11 is 0. The maximum Gasteiger partial charge on any atom is 0.125 e. The highest BCUT2D eigenvalue weighted by Gasteiger charge is 2.04. The van der Waals surface area contributed by atoms with Gasteiger partial charge in [0.2, 0.25) is 0 Å². The molecule has 0 aliphatic rings. The zero-order valence-corrected chi connectivity index (χ0v) is 6.91. The lowest BCUT2D eigenvalue weighted by atomic mass is 10.2. The zero-order chi connectivity index (χ0) is 9.14. The number of aryl methyl sites for hydroxylation is 1. The molecule has 0 fully saturated rings. The van der Waals surface area contributed by atoms with Crippen LogP contribution >= 0.6 is 0 Å². The van der Waals surface area contributed by atoms with Crippen molar-refractivity contribution in [2.45, 2.75) is 6.92 Å². The molecule has 0 atom stereocenters. The summed E-state index contributed by atoms with van der Waals surface area (Å²) in [7, 11) is 0. The molecule has 2 N–H and O–H groups in total. The van der Waals surface area contributed by atoms with Crippen LogP contribution in [0.4, 0.5) is 17.2 Å². The molecule has 0 aliphatic heterocycles. The molecule has 0 radical (unpaired) electrons. The molecule has 0 bridgehead atoms. The highest BCUT2D eigenvalue weighted by Crippen LogP contribution is 2.30. The molecule has 0 aromatic carbocycles. The summed E-state index contributed by atoms with van der Waals surface area (Å²) in [5, 5.41) is 0. The van der Waals surface area contributed by atoms with E-state index in [1.54, 1.807) is 13.0 Å². The molecular formula is C8H10N4. The summed E-state index contributed by atoms with van der Waals surface area (Å²) in [6.45, 7) is 8.61. The van der Waals surface area contributed by atoms with Crippen LogP contribution in [0.25, 0.3) is 0 Å². The van der Waals surface area contributed by atoms with E-state index in [9.17, 15) is 0 Å². The van der Waals surface area contributed by atoms with Gasteiger partial charge in [-0.1, -0.05) is 0 Å². The van der Waals surface area contributed by atoms with Crippen molar-refractivity contribution in [3.05, 3.63) is 11.8 Å². The van der Waals surface area contributed by atoms with Crippen molar-refractivity contribution in [3.63, 3.8) is 0 Å². The number of nitrogens with two attached hydrogens (primary N) is 1. The van der Waals surface area contributed by atoms with Gasteiger partial charge in [0.15, 0.2) is 0 Å². The fourth-order valence-corrected chi connectivity index (χ4v) is 0.989. The van der Waals surface area contributed by atoms with Gasteiger partial charge in [0.25, 0.3) is 0 Å². The molecule has 0 amide bonds. The van der Waals surface area contributed by atoms with E-state index in [2.05, 4.69) is 28.4 Å². The van der Waals surface area contributed by atoms with Crippen molar-refractivity contribution in [2.75, 3.05) is 5.73 Å². The van der Waals surface area contributed by atoms with Crippen LogP contribution in [-0.4, -0.2) is 18.4 Å². The number of rotatable bonds is 2. The van der Waals surface area contributed by atoms with Gasteiger partial charge in [-0.2, -0.15) is 0 Å². The number of hydrogen-bond acceptors (Lipinski definition) is 4. The molecule has 1 rings (SSSR count). The molecule has 0 saturated carbocycles. The lowest BCUT2D eigenvalue weighted by molar-refractivity contribution is 1.19. The summed E-state index contributed by atoms with van der Waals surface area (Å²) in [6.07, 6.45) is 0. The largest absolute Gasteiger partial charge is 0.384 e. The van der Waals surface area contributed by atoms with E-state index in [1.807, 2.05) is 0 Å². The van der Waals surface area contributed by atoms with E-state index in [1.165, 1.54) is 0 Å². The standard InChI is InChI=1S/C8H10N4/c1-5-8(11-3)6(10-2)4-7(9)12-5/h4H,2-3H2,1H3,(H2,9,12). The quantitative estimate of drug-likeness (QED) is 0.672. The maximum absolute atomic E-state index is 5.50. The van der Waals surface area contributed by atoms with Gasteiger partial charge >= 0.3 is 0 Å². The van der Waals surface area contributed by atoms with Crippen molar-refractivity contribution >= 4 is 30.6 Å². The Morgan fingerprint density at radius 2 is 2.08 bits per heavy atom. The third-order valence-corrected chi connectivity index (χ3v) is 1.50. The SMILES string of the molecule is C=Nc1cc(N)nc(C)c1N=C. The fourth-order valence-electron chi connectivity index (χ4n) is 0.989. The van der Waals surface area contributed by atoms with Gasteiger partial charge in [0.1, 0.15) is 11.5 Å². The molecule has 0 saturated heterocycles. The van der Waals surface area contributed by atoms with Crippen LogP contribution in [0.1, 0.15) is 5.69 Å². The van der Waals surface area contributed by atoms with Crippen LogP contribution in [-0.2, 0) is 0 Å². The Morgan fingerprint density at radius 3 is 2.58 bits per heavy atom. The smallest absolute Gasteiger partial charge is 0.125 e. The molecule has 4 nitrogen and oxygen atoms in total. The maximum atomic E-state index is 5.50. The molecule has 0 spiro atoms. The minimum absolute atomic E-state index is 0.419. The Bertz CT molecular complexity index is 330. The predicted molar refractivity (Wildman–Crippen MR) is 51.8 cm³/mol. The Kier molecular flexibility index (Phi) is 2.19. The summed E-state index contributed by atoms with van der Waals surface area (Å²) < 4.78 is 0. The predicted octanol–water partition coefficient (Wildman–Crippen LogP) is 1.64. The lowest BCUT2D eigenvalue weighted by Crippen LogP contribution is -1.91. The molecule has 0 unspecified atom stereocenters. The summed E-state index contributed by atoms with van der Waals surface area (Å²) in [5.74, 6) is 0.419. The van der Waals surface area contributed by atoms with Gasteiger partial charge < -0.3 is 5.73 Å². The van der Waals surface area contributed by atoms with Crippen LogP contribution in [0.5, 0.6) is 0 Å². The Labute approximate surface area is 70.9 Å². The van der Waals surface area contributed by atoms with Crippen LogP contribution in [0, 0.1) is 6.92 Å². The van der Waals surface area contributed by atoms with Crippen LogP contribution in [0.15, 0.2) is 16.1 Å². The third-order valence-electron chi connectivity index (χ3n) is 1.50. The molecular weight excluding hydrogens is 152 g/mol. The second-order valence-electron chi connectivity index (χ2n) is 2.32. The fraction of sp³-hybridized carbons (Fsp3) is 0.125. The second-order valence-corrected chi connectivity index (χ2v) is 2.32. The van der Waals surface area contributed by atoms with E-state index in [0.717, 1.165) is 0 Å². The second kappa shape index (κ2) is 3.13.